The summed E-state index contributed by atoms with van der Waals surface area (Å²) in [7, 11) is 4.56. The van der Waals surface area contributed by atoms with Crippen LogP contribution in [0.15, 0.2) is 78.9 Å². The van der Waals surface area contributed by atoms with Crippen LogP contribution in [-0.4, -0.2) is 66.3 Å². The van der Waals surface area contributed by atoms with E-state index in [0.29, 0.717) is 12.0 Å². The first-order valence-electron chi connectivity index (χ1n) is 13.3. The molecule has 3 aromatic carbocycles. The molecule has 3 N–H and O–H groups in total. The predicted octanol–water partition coefficient (Wildman–Crippen LogP) is 3.85. The molecular formula is C32H39FN4O3. The number of likely N-dealkylation sites (N-methyl/N-ethyl adjacent to an activating group) is 3. The molecule has 0 fully saturated rings. The SMILES string of the molecule is CNC(=O)C(Cc1ccccc1F)N(C)C(=O)C(Cc1ccc2ccccc2c1)N(C)C(=O)C=CCC(C)(C)N. The molecule has 2 atom stereocenters. The second-order valence-corrected chi connectivity index (χ2v) is 10.8. The molecule has 8 heteroatoms. The molecule has 0 bridgehead atoms. The molecule has 0 radical (unpaired) electrons. The maximum Gasteiger partial charge on any atom is 0.246 e. The topological polar surface area (TPSA) is 95.7 Å². The Labute approximate surface area is 235 Å². The van der Waals surface area contributed by atoms with Gasteiger partial charge in [0, 0.05) is 39.5 Å². The van der Waals surface area contributed by atoms with Crippen LogP contribution in [0.3, 0.4) is 0 Å². The highest BCUT2D eigenvalue weighted by atomic mass is 19.1. The summed E-state index contributed by atoms with van der Waals surface area (Å²) in [6.45, 7) is 3.72. The van der Waals surface area contributed by atoms with Gasteiger partial charge in [-0.1, -0.05) is 66.7 Å². The van der Waals surface area contributed by atoms with Gasteiger partial charge in [-0.15, -0.1) is 0 Å². The van der Waals surface area contributed by atoms with Crippen LogP contribution in [0.4, 0.5) is 4.39 Å². The van der Waals surface area contributed by atoms with Gasteiger partial charge in [0.25, 0.3) is 0 Å². The predicted molar refractivity (Wildman–Crippen MR) is 157 cm³/mol. The normalized spacial score (nSPS) is 13.2. The van der Waals surface area contributed by atoms with E-state index in [0.717, 1.165) is 16.3 Å². The second-order valence-electron chi connectivity index (χ2n) is 10.8. The standard InChI is InChI=1S/C32H39FN4O3/c1-32(2,34)18-10-15-29(38)36(4)28(20-22-16-17-23-11-6-7-12-24(23)19-22)31(40)37(5)27(30(39)35-3)21-25-13-8-9-14-26(25)33/h6-17,19,27-28H,18,20-21,34H2,1-5H3,(H,35,39). The van der Waals surface area contributed by atoms with Gasteiger partial charge in [0.05, 0.1) is 0 Å². The summed E-state index contributed by atoms with van der Waals surface area (Å²) in [5, 5.41) is 4.66. The van der Waals surface area contributed by atoms with Gasteiger partial charge < -0.3 is 20.9 Å². The number of amides is 3. The van der Waals surface area contributed by atoms with Crippen molar-refractivity contribution in [2.75, 3.05) is 21.1 Å². The summed E-state index contributed by atoms with van der Waals surface area (Å²) in [5.74, 6) is -1.67. The lowest BCUT2D eigenvalue weighted by Gasteiger charge is -2.34. The van der Waals surface area contributed by atoms with Crippen LogP contribution < -0.4 is 11.1 Å². The minimum absolute atomic E-state index is 0.0135. The van der Waals surface area contributed by atoms with Gasteiger partial charge in [0.15, 0.2) is 0 Å². The third-order valence-electron chi connectivity index (χ3n) is 6.98. The summed E-state index contributed by atoms with van der Waals surface area (Å²) in [6.07, 6.45) is 3.82. The van der Waals surface area contributed by atoms with Crippen LogP contribution in [0.2, 0.25) is 0 Å². The number of nitrogens with one attached hydrogen (secondary N) is 1. The van der Waals surface area contributed by atoms with Crippen molar-refractivity contribution >= 4 is 28.5 Å². The Kier molecular flexibility index (Phi) is 10.2. The fourth-order valence-corrected chi connectivity index (χ4v) is 4.55. The van der Waals surface area contributed by atoms with Crippen LogP contribution in [0.1, 0.15) is 31.4 Å². The van der Waals surface area contributed by atoms with E-state index in [1.54, 1.807) is 31.3 Å². The molecule has 0 aliphatic carbocycles. The van der Waals surface area contributed by atoms with Gasteiger partial charge in [-0.25, -0.2) is 4.39 Å². The number of fused-ring (bicyclic) bond motifs is 1. The Morgan fingerprint density at radius 2 is 1.57 bits per heavy atom. The molecule has 3 amide bonds. The maximum absolute atomic E-state index is 14.5. The zero-order valence-electron chi connectivity index (χ0n) is 23.9. The van der Waals surface area contributed by atoms with Crippen molar-refractivity contribution in [3.05, 3.63) is 95.8 Å². The molecule has 0 aliphatic rings. The fraction of sp³-hybridized carbons (Fsp3) is 0.344. The van der Waals surface area contributed by atoms with Crippen molar-refractivity contribution in [1.29, 1.82) is 0 Å². The Morgan fingerprint density at radius 3 is 2.23 bits per heavy atom. The van der Waals surface area contributed by atoms with Crippen molar-refractivity contribution in [1.82, 2.24) is 15.1 Å². The number of nitrogens with two attached hydrogens (primary N) is 1. The maximum atomic E-state index is 14.5. The Morgan fingerprint density at radius 1 is 0.925 bits per heavy atom. The highest BCUT2D eigenvalue weighted by molar-refractivity contribution is 5.95. The quantitative estimate of drug-likeness (QED) is 0.357. The molecule has 0 saturated carbocycles. The molecule has 212 valence electrons. The molecule has 0 spiro atoms. The molecule has 3 rings (SSSR count). The minimum atomic E-state index is -0.981. The summed E-state index contributed by atoms with van der Waals surface area (Å²) in [5.41, 5.74) is 6.74. The fourth-order valence-electron chi connectivity index (χ4n) is 4.55. The highest BCUT2D eigenvalue weighted by Gasteiger charge is 2.35. The molecule has 0 heterocycles. The van der Waals surface area contributed by atoms with Gasteiger partial charge in [0.2, 0.25) is 17.7 Å². The largest absolute Gasteiger partial charge is 0.357 e. The average Bonchev–Trinajstić information content (AvgIpc) is 2.93. The molecule has 7 nitrogen and oxygen atoms in total. The van der Waals surface area contributed by atoms with Crippen LogP contribution in [0.5, 0.6) is 0 Å². The summed E-state index contributed by atoms with van der Waals surface area (Å²) >= 11 is 0. The zero-order valence-corrected chi connectivity index (χ0v) is 23.9. The number of halogens is 1. The van der Waals surface area contributed by atoms with Crippen LogP contribution in [0.25, 0.3) is 10.8 Å². The van der Waals surface area contributed by atoms with Crippen molar-refractivity contribution in [2.45, 2.75) is 50.7 Å². The van der Waals surface area contributed by atoms with E-state index in [1.807, 2.05) is 56.3 Å². The van der Waals surface area contributed by atoms with E-state index < -0.39 is 35.3 Å². The second kappa shape index (κ2) is 13.3. The molecule has 0 aliphatic heterocycles. The lowest BCUT2D eigenvalue weighted by atomic mass is 9.98. The van der Waals surface area contributed by atoms with Gasteiger partial charge in [-0.2, -0.15) is 0 Å². The summed E-state index contributed by atoms with van der Waals surface area (Å²) < 4.78 is 14.5. The summed E-state index contributed by atoms with van der Waals surface area (Å²) in [4.78, 5) is 42.8. The number of rotatable bonds is 11. The number of carbonyl (C=O) groups is 3. The van der Waals surface area contributed by atoms with Crippen molar-refractivity contribution in [3.63, 3.8) is 0 Å². The highest BCUT2D eigenvalue weighted by Crippen LogP contribution is 2.20. The number of hydrogen-bond acceptors (Lipinski definition) is 4. The van der Waals surface area contributed by atoms with Crippen molar-refractivity contribution < 1.29 is 18.8 Å². The Bertz CT molecular complexity index is 1380. The molecule has 2 unspecified atom stereocenters. The first-order valence-corrected chi connectivity index (χ1v) is 13.3. The van der Waals surface area contributed by atoms with Gasteiger partial charge in [0.1, 0.15) is 17.9 Å². The Hall–Kier alpha value is -4.04. The van der Waals surface area contributed by atoms with E-state index in [2.05, 4.69) is 5.32 Å². The third kappa shape index (κ3) is 7.99. The number of nitrogens with zero attached hydrogens (tertiary/aromatic N) is 2. The van der Waals surface area contributed by atoms with E-state index in [9.17, 15) is 18.8 Å². The van der Waals surface area contributed by atoms with Crippen molar-refractivity contribution in [2.24, 2.45) is 5.73 Å². The molecule has 0 aromatic heterocycles. The van der Waals surface area contributed by atoms with Gasteiger partial charge in [-0.3, -0.25) is 14.4 Å². The Balaban J connectivity index is 1.95. The van der Waals surface area contributed by atoms with E-state index in [4.69, 9.17) is 5.73 Å². The van der Waals surface area contributed by atoms with Gasteiger partial charge >= 0.3 is 0 Å². The van der Waals surface area contributed by atoms with E-state index in [-0.39, 0.29) is 18.7 Å². The number of hydrogen-bond donors (Lipinski definition) is 2. The summed E-state index contributed by atoms with van der Waals surface area (Å²) in [6, 6.07) is 18.1. The number of benzene rings is 3. The van der Waals surface area contributed by atoms with E-state index in [1.165, 1.54) is 36.0 Å². The smallest absolute Gasteiger partial charge is 0.246 e. The molecule has 0 saturated heterocycles. The average molecular weight is 547 g/mol. The minimum Gasteiger partial charge on any atom is -0.357 e. The molecule has 40 heavy (non-hydrogen) atoms. The molecule has 3 aromatic rings. The van der Waals surface area contributed by atoms with E-state index >= 15 is 0 Å². The lowest BCUT2D eigenvalue weighted by Crippen LogP contribution is -2.55. The first-order chi connectivity index (χ1) is 18.9. The first kappa shape index (κ1) is 30.5. The molecular weight excluding hydrogens is 507 g/mol. The lowest BCUT2D eigenvalue weighted by molar-refractivity contribution is -0.146. The van der Waals surface area contributed by atoms with Crippen LogP contribution in [0, 0.1) is 5.82 Å². The number of carbonyl (C=O) groups excluding carboxylic acids is 3. The van der Waals surface area contributed by atoms with Crippen molar-refractivity contribution in [3.8, 4) is 0 Å². The third-order valence-corrected chi connectivity index (χ3v) is 6.98. The monoisotopic (exact) mass is 546 g/mol. The van der Waals surface area contributed by atoms with Crippen LogP contribution >= 0.6 is 0 Å². The zero-order chi connectivity index (χ0) is 29.4. The van der Waals surface area contributed by atoms with Crippen LogP contribution in [-0.2, 0) is 27.2 Å². The van der Waals surface area contributed by atoms with Gasteiger partial charge in [-0.05, 0) is 54.3 Å².